The van der Waals surface area contributed by atoms with Crippen LogP contribution < -0.4 is 5.32 Å². The van der Waals surface area contributed by atoms with E-state index in [0.717, 1.165) is 19.1 Å². The van der Waals surface area contributed by atoms with E-state index in [4.69, 9.17) is 0 Å². The monoisotopic (exact) mass is 227 g/mol. The van der Waals surface area contributed by atoms with Crippen LogP contribution in [0.4, 0.5) is 0 Å². The summed E-state index contributed by atoms with van der Waals surface area (Å²) in [5.41, 5.74) is 0. The Morgan fingerprint density at radius 1 is 1.19 bits per heavy atom. The highest BCUT2D eigenvalue weighted by Gasteiger charge is 2.25. The van der Waals surface area contributed by atoms with E-state index >= 15 is 0 Å². The maximum absolute atomic E-state index is 3.48. The molecular formula is C13H29N3. The van der Waals surface area contributed by atoms with Crippen LogP contribution in [0.3, 0.4) is 0 Å². The van der Waals surface area contributed by atoms with E-state index in [1.807, 2.05) is 0 Å². The van der Waals surface area contributed by atoms with Crippen molar-refractivity contribution in [1.29, 1.82) is 0 Å². The molecule has 0 radical (unpaired) electrons. The molecule has 1 unspecified atom stereocenters. The van der Waals surface area contributed by atoms with Gasteiger partial charge in [-0.15, -0.1) is 0 Å². The first-order chi connectivity index (χ1) is 7.81. The van der Waals surface area contributed by atoms with Crippen molar-refractivity contribution in [2.45, 2.75) is 39.7 Å². The molecule has 96 valence electrons. The third kappa shape index (κ3) is 4.40. The zero-order valence-corrected chi connectivity index (χ0v) is 11.3. The summed E-state index contributed by atoms with van der Waals surface area (Å²) >= 11 is 0. The summed E-state index contributed by atoms with van der Waals surface area (Å²) in [4.78, 5) is 5.20. The van der Waals surface area contributed by atoms with Gasteiger partial charge in [-0.05, 0) is 39.0 Å². The van der Waals surface area contributed by atoms with Crippen molar-refractivity contribution in [3.05, 3.63) is 0 Å². The first kappa shape index (κ1) is 13.9. The average Bonchev–Trinajstić information content (AvgIpc) is 2.75. The van der Waals surface area contributed by atoms with Crippen molar-refractivity contribution in [3.8, 4) is 0 Å². The summed E-state index contributed by atoms with van der Waals surface area (Å²) in [7, 11) is 0. The molecule has 0 aromatic heterocycles. The van der Waals surface area contributed by atoms with Crippen LogP contribution in [0.25, 0.3) is 0 Å². The molecule has 1 saturated heterocycles. The Morgan fingerprint density at radius 2 is 1.94 bits per heavy atom. The summed E-state index contributed by atoms with van der Waals surface area (Å²) in [6.45, 7) is 15.3. The summed E-state index contributed by atoms with van der Waals surface area (Å²) in [5, 5.41) is 3.48. The zero-order valence-electron chi connectivity index (χ0n) is 11.3. The van der Waals surface area contributed by atoms with Crippen LogP contribution in [0.15, 0.2) is 0 Å². The molecule has 1 heterocycles. The molecule has 1 atom stereocenters. The molecule has 1 aliphatic rings. The summed E-state index contributed by atoms with van der Waals surface area (Å²) in [6.07, 6.45) is 2.59. The van der Waals surface area contributed by atoms with Crippen LogP contribution in [0.2, 0.25) is 0 Å². The van der Waals surface area contributed by atoms with Crippen LogP contribution in [0.5, 0.6) is 0 Å². The molecule has 1 rings (SSSR count). The minimum atomic E-state index is 0.807. The van der Waals surface area contributed by atoms with Crippen LogP contribution in [-0.4, -0.2) is 61.7 Å². The van der Waals surface area contributed by atoms with E-state index < -0.39 is 0 Å². The molecule has 0 bridgehead atoms. The lowest BCUT2D eigenvalue weighted by Gasteiger charge is -2.26. The SMILES string of the molecule is CCCNCCN1CCC(N(CC)CC)C1. The molecule has 0 aliphatic carbocycles. The highest BCUT2D eigenvalue weighted by atomic mass is 15.3. The Bertz CT molecular complexity index is 169. The Labute approximate surface area is 101 Å². The van der Waals surface area contributed by atoms with E-state index in [1.54, 1.807) is 0 Å². The van der Waals surface area contributed by atoms with Crippen molar-refractivity contribution < 1.29 is 0 Å². The van der Waals surface area contributed by atoms with Gasteiger partial charge in [-0.1, -0.05) is 20.8 Å². The first-order valence-electron chi connectivity index (χ1n) is 6.98. The van der Waals surface area contributed by atoms with E-state index in [-0.39, 0.29) is 0 Å². The van der Waals surface area contributed by atoms with Crippen molar-refractivity contribution in [1.82, 2.24) is 15.1 Å². The second-order valence-electron chi connectivity index (χ2n) is 4.71. The number of likely N-dealkylation sites (tertiary alicyclic amines) is 1. The maximum atomic E-state index is 3.48. The second-order valence-corrected chi connectivity index (χ2v) is 4.71. The highest BCUT2D eigenvalue weighted by molar-refractivity contribution is 4.82. The normalized spacial score (nSPS) is 22.1. The van der Waals surface area contributed by atoms with Gasteiger partial charge in [-0.2, -0.15) is 0 Å². The molecular weight excluding hydrogens is 198 g/mol. The largest absolute Gasteiger partial charge is 0.315 e. The zero-order chi connectivity index (χ0) is 11.8. The fraction of sp³-hybridized carbons (Fsp3) is 1.00. The van der Waals surface area contributed by atoms with Crippen LogP contribution >= 0.6 is 0 Å². The van der Waals surface area contributed by atoms with Gasteiger partial charge in [0.1, 0.15) is 0 Å². The lowest BCUT2D eigenvalue weighted by Crippen LogP contribution is -2.38. The molecule has 1 aliphatic heterocycles. The molecule has 0 aromatic carbocycles. The lowest BCUT2D eigenvalue weighted by atomic mass is 10.2. The van der Waals surface area contributed by atoms with Crippen molar-refractivity contribution in [3.63, 3.8) is 0 Å². The number of hydrogen-bond donors (Lipinski definition) is 1. The fourth-order valence-electron chi connectivity index (χ4n) is 2.59. The van der Waals surface area contributed by atoms with Gasteiger partial charge < -0.3 is 10.2 Å². The molecule has 3 nitrogen and oxygen atoms in total. The predicted molar refractivity (Wildman–Crippen MR) is 70.9 cm³/mol. The van der Waals surface area contributed by atoms with E-state index in [2.05, 4.69) is 35.9 Å². The Balaban J connectivity index is 2.14. The quantitative estimate of drug-likeness (QED) is 0.632. The summed E-state index contributed by atoms with van der Waals surface area (Å²) in [5.74, 6) is 0. The third-order valence-corrected chi connectivity index (χ3v) is 3.61. The molecule has 1 fully saturated rings. The van der Waals surface area contributed by atoms with Gasteiger partial charge in [0, 0.05) is 25.7 Å². The minimum Gasteiger partial charge on any atom is -0.315 e. The van der Waals surface area contributed by atoms with Crippen LogP contribution in [0.1, 0.15) is 33.6 Å². The van der Waals surface area contributed by atoms with Gasteiger partial charge >= 0.3 is 0 Å². The van der Waals surface area contributed by atoms with Crippen molar-refractivity contribution in [2.24, 2.45) is 0 Å². The topological polar surface area (TPSA) is 18.5 Å². The van der Waals surface area contributed by atoms with Crippen molar-refractivity contribution in [2.75, 3.05) is 45.8 Å². The first-order valence-corrected chi connectivity index (χ1v) is 6.98. The van der Waals surface area contributed by atoms with Gasteiger partial charge in [0.05, 0.1) is 0 Å². The molecule has 0 aromatic rings. The average molecular weight is 227 g/mol. The number of likely N-dealkylation sites (N-methyl/N-ethyl adjacent to an activating group) is 1. The Hall–Kier alpha value is -0.120. The van der Waals surface area contributed by atoms with E-state index in [9.17, 15) is 0 Å². The molecule has 16 heavy (non-hydrogen) atoms. The smallest absolute Gasteiger partial charge is 0.0235 e. The fourth-order valence-corrected chi connectivity index (χ4v) is 2.59. The number of nitrogens with zero attached hydrogens (tertiary/aromatic N) is 2. The van der Waals surface area contributed by atoms with Gasteiger partial charge in [0.25, 0.3) is 0 Å². The van der Waals surface area contributed by atoms with E-state index in [0.29, 0.717) is 0 Å². The summed E-state index contributed by atoms with van der Waals surface area (Å²) < 4.78 is 0. The van der Waals surface area contributed by atoms with E-state index in [1.165, 1.54) is 45.6 Å². The summed E-state index contributed by atoms with van der Waals surface area (Å²) in [6, 6.07) is 0.807. The van der Waals surface area contributed by atoms with Crippen LogP contribution in [-0.2, 0) is 0 Å². The van der Waals surface area contributed by atoms with Gasteiger partial charge in [-0.25, -0.2) is 0 Å². The van der Waals surface area contributed by atoms with Gasteiger partial charge in [0.2, 0.25) is 0 Å². The van der Waals surface area contributed by atoms with Gasteiger partial charge in [-0.3, -0.25) is 4.90 Å². The van der Waals surface area contributed by atoms with Crippen molar-refractivity contribution >= 4 is 0 Å². The molecule has 1 N–H and O–H groups in total. The Morgan fingerprint density at radius 3 is 2.56 bits per heavy atom. The molecule has 3 heteroatoms. The highest BCUT2D eigenvalue weighted by Crippen LogP contribution is 2.14. The molecule has 0 amide bonds. The number of hydrogen-bond acceptors (Lipinski definition) is 3. The van der Waals surface area contributed by atoms with Gasteiger partial charge in [0.15, 0.2) is 0 Å². The number of rotatable bonds is 8. The molecule has 0 spiro atoms. The number of nitrogens with one attached hydrogen (secondary N) is 1. The third-order valence-electron chi connectivity index (χ3n) is 3.61. The molecule has 0 saturated carbocycles. The minimum absolute atomic E-state index is 0.807. The standard InChI is InChI=1S/C13H29N3/c1-4-8-14-9-11-15-10-7-13(12-15)16(5-2)6-3/h13-14H,4-12H2,1-3H3. The Kier molecular flexibility index (Phi) is 7.01. The predicted octanol–water partition coefficient (Wildman–Crippen LogP) is 1.40. The second kappa shape index (κ2) is 8.04. The van der Waals surface area contributed by atoms with Crippen LogP contribution in [0, 0.1) is 0 Å². The maximum Gasteiger partial charge on any atom is 0.0235 e. The lowest BCUT2D eigenvalue weighted by molar-refractivity contribution is 0.211.